The molecular weight excluding hydrogens is 461 g/mol. The summed E-state index contributed by atoms with van der Waals surface area (Å²) in [5.74, 6) is -2.36. The number of hydrogen-bond donors (Lipinski definition) is 2. The Bertz CT molecular complexity index is 1040. The van der Waals surface area contributed by atoms with Crippen molar-refractivity contribution in [1.82, 2.24) is 5.32 Å². The summed E-state index contributed by atoms with van der Waals surface area (Å²) >= 11 is 12.3. The van der Waals surface area contributed by atoms with Crippen LogP contribution in [0.1, 0.15) is 50.7 Å². The molecular formula is C26H29Cl2NO4. The first-order chi connectivity index (χ1) is 15.5. The topological polar surface area (TPSA) is 83.5 Å². The molecule has 4 unspecified atom stereocenters. The molecule has 4 atom stereocenters. The highest BCUT2D eigenvalue weighted by molar-refractivity contribution is 6.30. The summed E-state index contributed by atoms with van der Waals surface area (Å²) in [6.45, 7) is 5.85. The van der Waals surface area contributed by atoms with Gasteiger partial charge in [-0.1, -0.05) is 68.2 Å². The smallest absolute Gasteiger partial charge is 0.304 e. The maximum Gasteiger partial charge on any atom is 0.304 e. The molecule has 2 aromatic rings. The number of piperidine rings is 1. The number of carboxylic acid groups (broad SMARTS) is 1. The van der Waals surface area contributed by atoms with Crippen molar-refractivity contribution in [1.29, 1.82) is 0 Å². The zero-order valence-electron chi connectivity index (χ0n) is 19.0. The van der Waals surface area contributed by atoms with Crippen molar-refractivity contribution in [3.8, 4) is 0 Å². The third-order valence-electron chi connectivity index (χ3n) is 7.03. The zero-order valence-corrected chi connectivity index (χ0v) is 20.5. The van der Waals surface area contributed by atoms with E-state index in [1.807, 2.05) is 51.1 Å². The Kier molecular flexibility index (Phi) is 7.86. The van der Waals surface area contributed by atoms with Gasteiger partial charge < -0.3 is 10.4 Å². The third kappa shape index (κ3) is 5.59. The van der Waals surface area contributed by atoms with E-state index in [1.54, 1.807) is 18.2 Å². The number of amides is 1. The molecule has 0 aliphatic carbocycles. The van der Waals surface area contributed by atoms with Gasteiger partial charge >= 0.3 is 5.97 Å². The molecule has 0 aromatic heterocycles. The van der Waals surface area contributed by atoms with Crippen molar-refractivity contribution in [3.05, 3.63) is 69.7 Å². The second-order valence-corrected chi connectivity index (χ2v) is 10.2. The molecule has 1 aliphatic rings. The predicted molar refractivity (Wildman–Crippen MR) is 130 cm³/mol. The van der Waals surface area contributed by atoms with Gasteiger partial charge in [0.05, 0.1) is 6.42 Å². The second-order valence-electron chi connectivity index (χ2n) is 9.34. The Morgan fingerprint density at radius 1 is 1.12 bits per heavy atom. The fourth-order valence-corrected chi connectivity index (χ4v) is 5.10. The largest absolute Gasteiger partial charge is 0.481 e. The highest BCUT2D eigenvalue weighted by Crippen LogP contribution is 2.45. The van der Waals surface area contributed by atoms with Gasteiger partial charge in [-0.2, -0.15) is 0 Å². The number of nitrogens with one attached hydrogen (secondary N) is 1. The lowest BCUT2D eigenvalue weighted by molar-refractivity contribution is -0.145. The molecule has 176 valence electrons. The van der Waals surface area contributed by atoms with Crippen LogP contribution in [0.25, 0.3) is 0 Å². The van der Waals surface area contributed by atoms with Crippen LogP contribution < -0.4 is 5.32 Å². The Morgan fingerprint density at radius 2 is 1.79 bits per heavy atom. The van der Waals surface area contributed by atoms with E-state index in [4.69, 9.17) is 23.2 Å². The highest BCUT2D eigenvalue weighted by Gasteiger charge is 2.51. The van der Waals surface area contributed by atoms with Crippen LogP contribution in [0.4, 0.5) is 0 Å². The average molecular weight is 490 g/mol. The van der Waals surface area contributed by atoms with E-state index in [0.29, 0.717) is 16.5 Å². The number of carbonyl (C=O) groups excluding carboxylic acids is 2. The lowest BCUT2D eigenvalue weighted by atomic mass is 9.61. The van der Waals surface area contributed by atoms with E-state index in [9.17, 15) is 19.5 Å². The molecule has 1 aliphatic heterocycles. The van der Waals surface area contributed by atoms with Gasteiger partial charge in [-0.3, -0.25) is 14.4 Å². The normalized spacial score (nSPS) is 22.5. The third-order valence-corrected chi connectivity index (χ3v) is 7.52. The molecule has 1 heterocycles. The summed E-state index contributed by atoms with van der Waals surface area (Å²) in [6, 6.07) is 14.0. The SMILES string of the molecule is CC(C)C(C)(C(=O)Cc1ccc(Cl)cc1)C1NC(=O)C(CC(=O)O)CC1c1cccc(Cl)c1. The van der Waals surface area contributed by atoms with Crippen molar-refractivity contribution in [2.45, 2.75) is 52.0 Å². The number of halogens is 2. The van der Waals surface area contributed by atoms with E-state index < -0.39 is 23.3 Å². The van der Waals surface area contributed by atoms with Gasteiger partial charge in [0.25, 0.3) is 0 Å². The summed E-state index contributed by atoms with van der Waals surface area (Å²) in [5.41, 5.74) is 0.840. The molecule has 33 heavy (non-hydrogen) atoms. The van der Waals surface area contributed by atoms with E-state index in [1.165, 1.54) is 0 Å². The number of carboxylic acids is 1. The van der Waals surface area contributed by atoms with Crippen LogP contribution >= 0.6 is 23.2 Å². The fourth-order valence-electron chi connectivity index (χ4n) is 4.77. The van der Waals surface area contributed by atoms with Crippen LogP contribution in [0.15, 0.2) is 48.5 Å². The Balaban J connectivity index is 2.02. The Labute approximate surface area is 204 Å². The van der Waals surface area contributed by atoms with Crippen LogP contribution in [-0.2, 0) is 20.8 Å². The van der Waals surface area contributed by atoms with Gasteiger partial charge in [-0.25, -0.2) is 0 Å². The first kappa shape index (κ1) is 25.3. The fraction of sp³-hybridized carbons (Fsp3) is 0.423. The summed E-state index contributed by atoms with van der Waals surface area (Å²) in [4.78, 5) is 38.1. The summed E-state index contributed by atoms with van der Waals surface area (Å²) < 4.78 is 0. The lowest BCUT2D eigenvalue weighted by Crippen LogP contribution is -2.60. The van der Waals surface area contributed by atoms with Crippen molar-refractivity contribution < 1.29 is 19.5 Å². The Morgan fingerprint density at radius 3 is 2.36 bits per heavy atom. The summed E-state index contributed by atoms with van der Waals surface area (Å²) in [7, 11) is 0. The molecule has 3 rings (SSSR count). The monoisotopic (exact) mass is 489 g/mol. The van der Waals surface area contributed by atoms with Gasteiger partial charge in [0.1, 0.15) is 5.78 Å². The highest BCUT2D eigenvalue weighted by atomic mass is 35.5. The zero-order chi connectivity index (χ0) is 24.3. The minimum Gasteiger partial charge on any atom is -0.481 e. The lowest BCUT2D eigenvalue weighted by Gasteiger charge is -2.48. The number of rotatable bonds is 8. The van der Waals surface area contributed by atoms with Gasteiger partial charge in [-0.15, -0.1) is 0 Å². The maximum atomic E-state index is 13.8. The number of carbonyl (C=O) groups is 3. The number of Topliss-reactive ketones (excluding diaryl/α,β-unsaturated/α-hetero) is 1. The molecule has 2 N–H and O–H groups in total. The Hall–Kier alpha value is -2.37. The van der Waals surface area contributed by atoms with Crippen molar-refractivity contribution in [3.63, 3.8) is 0 Å². The molecule has 2 aromatic carbocycles. The molecule has 5 nitrogen and oxygen atoms in total. The molecule has 0 radical (unpaired) electrons. The van der Waals surface area contributed by atoms with Gasteiger partial charge in [0.15, 0.2) is 0 Å². The molecule has 1 amide bonds. The molecule has 1 fully saturated rings. The van der Waals surface area contributed by atoms with Crippen molar-refractivity contribution in [2.75, 3.05) is 0 Å². The van der Waals surface area contributed by atoms with Crippen LogP contribution in [0.2, 0.25) is 10.0 Å². The van der Waals surface area contributed by atoms with Crippen LogP contribution in [0.5, 0.6) is 0 Å². The first-order valence-electron chi connectivity index (χ1n) is 11.1. The van der Waals surface area contributed by atoms with Gasteiger partial charge in [0, 0.05) is 39.8 Å². The predicted octanol–water partition coefficient (Wildman–Crippen LogP) is 5.53. The van der Waals surface area contributed by atoms with E-state index in [2.05, 4.69) is 5.32 Å². The summed E-state index contributed by atoms with van der Waals surface area (Å²) in [5, 5.41) is 13.5. The standard InChI is InChI=1S/C26H29Cl2NO4/c1-15(2)26(3,22(30)11-16-7-9-19(27)10-8-16)24-21(17-5-4-6-20(28)12-17)13-18(14-23(31)32)25(33)29-24/h4-10,12,15,18,21,24H,11,13-14H2,1-3H3,(H,29,33)(H,31,32). The number of hydrogen-bond acceptors (Lipinski definition) is 3. The first-order valence-corrected chi connectivity index (χ1v) is 11.8. The van der Waals surface area contributed by atoms with Crippen LogP contribution in [-0.4, -0.2) is 28.8 Å². The van der Waals surface area contributed by atoms with E-state index >= 15 is 0 Å². The maximum absolute atomic E-state index is 13.8. The van der Waals surface area contributed by atoms with E-state index in [0.717, 1.165) is 11.1 Å². The van der Waals surface area contributed by atoms with E-state index in [-0.39, 0.29) is 36.4 Å². The second kappa shape index (κ2) is 10.3. The van der Waals surface area contributed by atoms with Crippen molar-refractivity contribution >= 4 is 40.9 Å². The average Bonchev–Trinajstić information content (AvgIpc) is 2.75. The number of ketones is 1. The quantitative estimate of drug-likeness (QED) is 0.510. The number of aliphatic carboxylic acids is 1. The number of benzene rings is 2. The molecule has 0 bridgehead atoms. The minimum atomic E-state index is -1.02. The molecule has 0 saturated carbocycles. The summed E-state index contributed by atoms with van der Waals surface area (Å²) in [6.07, 6.45) is 0.283. The molecule has 1 saturated heterocycles. The van der Waals surface area contributed by atoms with Gasteiger partial charge in [-0.05, 0) is 47.7 Å². The van der Waals surface area contributed by atoms with Crippen molar-refractivity contribution in [2.24, 2.45) is 17.3 Å². The van der Waals surface area contributed by atoms with Crippen LogP contribution in [0.3, 0.4) is 0 Å². The van der Waals surface area contributed by atoms with Crippen LogP contribution in [0, 0.1) is 17.3 Å². The molecule has 7 heteroatoms. The van der Waals surface area contributed by atoms with Gasteiger partial charge in [0.2, 0.25) is 5.91 Å². The molecule has 0 spiro atoms. The minimum absolute atomic E-state index is 0.00818.